The van der Waals surface area contributed by atoms with E-state index in [4.69, 9.17) is 5.73 Å². The molecule has 0 aromatic rings. The van der Waals surface area contributed by atoms with E-state index in [2.05, 4.69) is 10.2 Å². The standard InChI is InChI=1S/C13H24N4O3/c1-8(18)10(11(14)19)16(2)6-9-4-5-13(17(9)3)7-15-12(13)20/h8-10,18H,4-7H2,1-3H3,(H2,14,19)(H,15,20)/t8-,9?,10+,13?/m1/s1. The van der Waals surface area contributed by atoms with Crippen molar-refractivity contribution < 1.29 is 14.7 Å². The van der Waals surface area contributed by atoms with Crippen LogP contribution in [0.1, 0.15) is 19.8 Å². The average Bonchev–Trinajstić information content (AvgIpc) is 2.66. The largest absolute Gasteiger partial charge is 0.391 e. The molecule has 2 heterocycles. The predicted octanol–water partition coefficient (Wildman–Crippen LogP) is -1.88. The van der Waals surface area contributed by atoms with Gasteiger partial charge in [0.2, 0.25) is 11.8 Å². The third-order valence-corrected chi connectivity index (χ3v) is 4.80. The molecule has 0 aliphatic carbocycles. The number of nitrogens with one attached hydrogen (secondary N) is 1. The predicted molar refractivity (Wildman–Crippen MR) is 73.8 cm³/mol. The van der Waals surface area contributed by atoms with E-state index in [1.165, 1.54) is 0 Å². The fourth-order valence-electron chi connectivity index (χ4n) is 3.46. The van der Waals surface area contributed by atoms with E-state index >= 15 is 0 Å². The number of hydrogen-bond donors (Lipinski definition) is 3. The van der Waals surface area contributed by atoms with Gasteiger partial charge in [0.15, 0.2) is 0 Å². The van der Waals surface area contributed by atoms with Gasteiger partial charge >= 0.3 is 0 Å². The molecule has 2 aliphatic rings. The number of aliphatic hydroxyl groups is 1. The number of carbonyl (C=O) groups is 2. The number of likely N-dealkylation sites (tertiary alicyclic amines) is 1. The maximum absolute atomic E-state index is 11.8. The summed E-state index contributed by atoms with van der Waals surface area (Å²) in [6.45, 7) is 2.85. The van der Waals surface area contributed by atoms with E-state index in [1.807, 2.05) is 7.05 Å². The minimum absolute atomic E-state index is 0.0899. The highest BCUT2D eigenvalue weighted by Gasteiger charge is 2.55. The highest BCUT2D eigenvalue weighted by molar-refractivity contribution is 5.93. The normalized spacial score (nSPS) is 33.0. The molecule has 2 rings (SSSR count). The minimum Gasteiger partial charge on any atom is -0.391 e. The van der Waals surface area contributed by atoms with Gasteiger partial charge in [-0.15, -0.1) is 0 Å². The quantitative estimate of drug-likeness (QED) is 0.513. The van der Waals surface area contributed by atoms with Crippen molar-refractivity contribution in [3.63, 3.8) is 0 Å². The van der Waals surface area contributed by atoms with Gasteiger partial charge in [-0.1, -0.05) is 0 Å². The van der Waals surface area contributed by atoms with Crippen LogP contribution in [0, 0.1) is 0 Å². The maximum Gasteiger partial charge on any atom is 0.242 e. The molecule has 4 atom stereocenters. The first kappa shape index (κ1) is 15.2. The number of likely N-dealkylation sites (N-methyl/N-ethyl adjacent to an activating group) is 2. The lowest BCUT2D eigenvalue weighted by molar-refractivity contribution is -0.141. The van der Waals surface area contributed by atoms with E-state index in [0.717, 1.165) is 12.8 Å². The van der Waals surface area contributed by atoms with Gasteiger partial charge in [-0.2, -0.15) is 0 Å². The van der Waals surface area contributed by atoms with Crippen LogP contribution in [0.15, 0.2) is 0 Å². The number of primary amides is 1. The Morgan fingerprint density at radius 1 is 1.70 bits per heavy atom. The molecule has 0 aromatic heterocycles. The van der Waals surface area contributed by atoms with Gasteiger partial charge in [0.05, 0.1) is 6.10 Å². The molecule has 0 saturated carbocycles. The number of carbonyl (C=O) groups excluding carboxylic acids is 2. The van der Waals surface area contributed by atoms with E-state index in [9.17, 15) is 14.7 Å². The Hall–Kier alpha value is -1.18. The molecule has 2 saturated heterocycles. The highest BCUT2D eigenvalue weighted by Crippen LogP contribution is 2.36. The summed E-state index contributed by atoms with van der Waals surface area (Å²) in [4.78, 5) is 27.1. The highest BCUT2D eigenvalue weighted by atomic mass is 16.3. The number of aliphatic hydroxyl groups excluding tert-OH is 1. The van der Waals surface area contributed by atoms with Gasteiger partial charge in [-0.25, -0.2) is 0 Å². The monoisotopic (exact) mass is 284 g/mol. The van der Waals surface area contributed by atoms with Gasteiger partial charge in [0.1, 0.15) is 11.6 Å². The molecule has 0 aromatic carbocycles. The summed E-state index contributed by atoms with van der Waals surface area (Å²) in [5, 5.41) is 12.5. The Bertz CT molecular complexity index is 414. The molecule has 4 N–H and O–H groups in total. The summed E-state index contributed by atoms with van der Waals surface area (Å²) in [6, 6.07) is -0.512. The van der Waals surface area contributed by atoms with Crippen molar-refractivity contribution in [3.05, 3.63) is 0 Å². The molecule has 0 radical (unpaired) electrons. The first-order chi connectivity index (χ1) is 9.29. The number of rotatable bonds is 5. The summed E-state index contributed by atoms with van der Waals surface area (Å²) < 4.78 is 0. The zero-order chi connectivity index (χ0) is 15.1. The Balaban J connectivity index is 2.00. The van der Waals surface area contributed by atoms with Crippen LogP contribution in [0.4, 0.5) is 0 Å². The number of nitrogens with zero attached hydrogens (tertiary/aromatic N) is 2. The summed E-state index contributed by atoms with van der Waals surface area (Å²) in [6.07, 6.45) is 0.925. The van der Waals surface area contributed by atoms with Gasteiger partial charge in [0, 0.05) is 19.1 Å². The van der Waals surface area contributed by atoms with Crippen LogP contribution in [-0.4, -0.2) is 77.6 Å². The number of nitrogens with two attached hydrogens (primary N) is 1. The molecule has 1 spiro atoms. The molecule has 0 bridgehead atoms. The maximum atomic E-state index is 11.8. The topological polar surface area (TPSA) is 98.9 Å². The van der Waals surface area contributed by atoms with Crippen LogP contribution >= 0.6 is 0 Å². The van der Waals surface area contributed by atoms with Gasteiger partial charge in [-0.3, -0.25) is 19.4 Å². The number of hydrogen-bond acceptors (Lipinski definition) is 5. The van der Waals surface area contributed by atoms with Crippen LogP contribution in [0.5, 0.6) is 0 Å². The summed E-state index contributed by atoms with van der Waals surface area (Å²) >= 11 is 0. The summed E-state index contributed by atoms with van der Waals surface area (Å²) in [5.74, 6) is -0.439. The van der Waals surface area contributed by atoms with Crippen molar-refractivity contribution >= 4 is 11.8 Å². The number of amides is 2. The second-order valence-electron chi connectivity index (χ2n) is 6.05. The number of β-lactam (4-membered cyclic amide) rings is 1. The molecule has 7 nitrogen and oxygen atoms in total. The molecule has 114 valence electrons. The third kappa shape index (κ3) is 2.30. The Kier molecular flexibility index (Phi) is 4.04. The van der Waals surface area contributed by atoms with E-state index in [1.54, 1.807) is 18.9 Å². The minimum atomic E-state index is -0.815. The SMILES string of the molecule is C[C@@H](O)[C@@H](C(N)=O)N(C)CC1CCC2(CNC2=O)N1C. The second-order valence-corrected chi connectivity index (χ2v) is 6.05. The molecule has 7 heteroatoms. The molecule has 2 amide bonds. The van der Waals surface area contributed by atoms with Crippen molar-refractivity contribution in [2.45, 2.75) is 43.5 Å². The zero-order valence-corrected chi connectivity index (χ0v) is 12.3. The summed E-state index contributed by atoms with van der Waals surface area (Å²) in [5.41, 5.74) is 4.98. The van der Waals surface area contributed by atoms with Gasteiger partial charge in [0.25, 0.3) is 0 Å². The van der Waals surface area contributed by atoms with E-state index in [0.29, 0.717) is 13.1 Å². The van der Waals surface area contributed by atoms with E-state index in [-0.39, 0.29) is 17.5 Å². The van der Waals surface area contributed by atoms with Gasteiger partial charge in [-0.05, 0) is 33.9 Å². The molecular formula is C13H24N4O3. The molecule has 2 unspecified atom stereocenters. The first-order valence-corrected chi connectivity index (χ1v) is 6.98. The first-order valence-electron chi connectivity index (χ1n) is 6.98. The van der Waals surface area contributed by atoms with Crippen LogP contribution in [0.2, 0.25) is 0 Å². The molecule has 2 aliphatic heterocycles. The van der Waals surface area contributed by atoms with Crippen LogP contribution in [0.25, 0.3) is 0 Å². The van der Waals surface area contributed by atoms with Crippen molar-refractivity contribution in [2.75, 3.05) is 27.2 Å². The lowest BCUT2D eigenvalue weighted by Gasteiger charge is -2.45. The van der Waals surface area contributed by atoms with E-state index < -0.39 is 18.1 Å². The molecule has 2 fully saturated rings. The van der Waals surface area contributed by atoms with Crippen molar-refractivity contribution in [3.8, 4) is 0 Å². The van der Waals surface area contributed by atoms with Gasteiger partial charge < -0.3 is 16.2 Å². The van der Waals surface area contributed by atoms with Crippen molar-refractivity contribution in [2.24, 2.45) is 5.73 Å². The fourth-order valence-corrected chi connectivity index (χ4v) is 3.46. The Labute approximate surface area is 119 Å². The van der Waals surface area contributed by atoms with Crippen LogP contribution < -0.4 is 11.1 Å². The Morgan fingerprint density at radius 2 is 2.35 bits per heavy atom. The van der Waals surface area contributed by atoms with Crippen LogP contribution in [-0.2, 0) is 9.59 Å². The lowest BCUT2D eigenvalue weighted by atomic mass is 9.89. The summed E-state index contributed by atoms with van der Waals surface area (Å²) in [7, 11) is 3.73. The van der Waals surface area contributed by atoms with Crippen molar-refractivity contribution in [1.82, 2.24) is 15.1 Å². The molecular weight excluding hydrogens is 260 g/mol. The van der Waals surface area contributed by atoms with Crippen molar-refractivity contribution in [1.29, 1.82) is 0 Å². The fraction of sp³-hybridized carbons (Fsp3) is 0.846. The third-order valence-electron chi connectivity index (χ3n) is 4.80. The Morgan fingerprint density at radius 3 is 2.70 bits per heavy atom. The van der Waals surface area contributed by atoms with Crippen LogP contribution in [0.3, 0.4) is 0 Å². The molecule has 20 heavy (non-hydrogen) atoms. The lowest BCUT2D eigenvalue weighted by Crippen LogP contribution is -2.71. The second kappa shape index (κ2) is 5.31. The zero-order valence-electron chi connectivity index (χ0n) is 12.3. The smallest absolute Gasteiger partial charge is 0.242 e. The average molecular weight is 284 g/mol.